The fraction of sp³-hybridized carbons (Fsp3) is 0.526. The molecule has 1 aromatic rings. The van der Waals surface area contributed by atoms with E-state index in [0.29, 0.717) is 12.2 Å². The molecule has 1 N–H and O–H groups in total. The first kappa shape index (κ1) is 18.1. The molecular formula is C19H24O6. The molecule has 0 aromatic heterocycles. The summed E-state index contributed by atoms with van der Waals surface area (Å²) >= 11 is 0. The maximum absolute atomic E-state index is 12.7. The average Bonchev–Trinajstić information content (AvgIpc) is 3.07. The van der Waals surface area contributed by atoms with Crippen LogP contribution in [0, 0.1) is 0 Å². The summed E-state index contributed by atoms with van der Waals surface area (Å²) in [7, 11) is 0. The molecule has 0 amide bonds. The van der Waals surface area contributed by atoms with Gasteiger partial charge in [-0.15, -0.1) is 0 Å². The van der Waals surface area contributed by atoms with Gasteiger partial charge in [0.25, 0.3) is 0 Å². The molecule has 136 valence electrons. The summed E-state index contributed by atoms with van der Waals surface area (Å²) in [6.45, 7) is 7.43. The van der Waals surface area contributed by atoms with E-state index < -0.39 is 29.9 Å². The highest BCUT2D eigenvalue weighted by Crippen LogP contribution is 2.36. The standard InChI is InChI=1S/C19H24O6/c1-18(2)22-11-15(23-18)17-16(24-19(3,4)25-17)14(21)10-13(20)12-8-6-5-7-9-12/h5-10,15-17,20H,11H2,1-4H3/b13-10-/t15-,16+,17-/m1/s1. The molecule has 6 nitrogen and oxygen atoms in total. The smallest absolute Gasteiger partial charge is 0.191 e. The molecule has 3 rings (SSSR count). The Balaban J connectivity index is 1.79. The largest absolute Gasteiger partial charge is 0.507 e. The van der Waals surface area contributed by atoms with E-state index in [1.165, 1.54) is 6.08 Å². The number of carbonyl (C=O) groups is 1. The highest BCUT2D eigenvalue weighted by Gasteiger charge is 2.51. The molecule has 0 spiro atoms. The van der Waals surface area contributed by atoms with Crippen LogP contribution in [0.5, 0.6) is 0 Å². The molecule has 2 aliphatic rings. The van der Waals surface area contributed by atoms with E-state index in [0.717, 1.165) is 0 Å². The van der Waals surface area contributed by atoms with Gasteiger partial charge >= 0.3 is 0 Å². The van der Waals surface area contributed by atoms with Gasteiger partial charge in [-0.25, -0.2) is 0 Å². The molecule has 2 aliphatic heterocycles. The van der Waals surface area contributed by atoms with E-state index in [2.05, 4.69) is 0 Å². The Bertz CT molecular complexity index is 664. The van der Waals surface area contributed by atoms with E-state index in [-0.39, 0.29) is 11.5 Å². The maximum Gasteiger partial charge on any atom is 0.191 e. The first-order chi connectivity index (χ1) is 11.7. The molecule has 25 heavy (non-hydrogen) atoms. The van der Waals surface area contributed by atoms with Crippen molar-refractivity contribution in [2.75, 3.05) is 6.61 Å². The van der Waals surface area contributed by atoms with Crippen LogP contribution < -0.4 is 0 Å². The van der Waals surface area contributed by atoms with Crippen molar-refractivity contribution in [2.45, 2.75) is 57.6 Å². The minimum Gasteiger partial charge on any atom is -0.507 e. The topological polar surface area (TPSA) is 74.2 Å². The molecule has 2 heterocycles. The third-order valence-electron chi connectivity index (χ3n) is 4.15. The molecule has 0 aliphatic carbocycles. The van der Waals surface area contributed by atoms with Crippen LogP contribution in [0.3, 0.4) is 0 Å². The van der Waals surface area contributed by atoms with Gasteiger partial charge in [-0.3, -0.25) is 4.79 Å². The van der Waals surface area contributed by atoms with Gasteiger partial charge in [0.2, 0.25) is 0 Å². The van der Waals surface area contributed by atoms with Crippen molar-refractivity contribution in [1.29, 1.82) is 0 Å². The molecule has 0 bridgehead atoms. The van der Waals surface area contributed by atoms with E-state index in [1.54, 1.807) is 38.1 Å². The number of aliphatic hydroxyl groups is 1. The molecule has 2 fully saturated rings. The van der Waals surface area contributed by atoms with E-state index >= 15 is 0 Å². The second kappa shape index (κ2) is 6.53. The van der Waals surface area contributed by atoms with Gasteiger partial charge in [0.05, 0.1) is 6.61 Å². The van der Waals surface area contributed by atoms with Gasteiger partial charge in [0.1, 0.15) is 18.0 Å². The van der Waals surface area contributed by atoms with Gasteiger partial charge < -0.3 is 24.1 Å². The molecule has 3 atom stereocenters. The average molecular weight is 348 g/mol. The zero-order chi connectivity index (χ0) is 18.2. The second-order valence-electron chi connectivity index (χ2n) is 7.19. The summed E-state index contributed by atoms with van der Waals surface area (Å²) < 4.78 is 23.1. The Labute approximate surface area is 147 Å². The number of hydrogen-bond donors (Lipinski definition) is 1. The van der Waals surface area contributed by atoms with Crippen LogP contribution in [-0.4, -0.2) is 47.4 Å². The molecule has 1 aromatic carbocycles. The number of ether oxygens (including phenoxy) is 4. The first-order valence-electron chi connectivity index (χ1n) is 8.34. The Kier molecular flexibility index (Phi) is 4.72. The predicted molar refractivity (Wildman–Crippen MR) is 90.8 cm³/mol. The summed E-state index contributed by atoms with van der Waals surface area (Å²) in [5.41, 5.74) is 0.562. The lowest BCUT2D eigenvalue weighted by Gasteiger charge is -2.23. The second-order valence-corrected chi connectivity index (χ2v) is 7.19. The summed E-state index contributed by atoms with van der Waals surface area (Å²) in [6, 6.07) is 8.86. The van der Waals surface area contributed by atoms with Crippen LogP contribution in [0.1, 0.15) is 33.3 Å². The van der Waals surface area contributed by atoms with Crippen molar-refractivity contribution in [2.24, 2.45) is 0 Å². The Morgan fingerprint density at radius 3 is 2.36 bits per heavy atom. The van der Waals surface area contributed by atoms with Crippen LogP contribution in [0.15, 0.2) is 36.4 Å². The molecule has 2 saturated heterocycles. The van der Waals surface area contributed by atoms with Crippen molar-refractivity contribution in [1.82, 2.24) is 0 Å². The maximum atomic E-state index is 12.7. The third kappa shape index (κ3) is 4.10. The fourth-order valence-electron chi connectivity index (χ4n) is 3.07. The van der Waals surface area contributed by atoms with Crippen molar-refractivity contribution in [3.63, 3.8) is 0 Å². The van der Waals surface area contributed by atoms with Crippen LogP contribution in [0.25, 0.3) is 5.76 Å². The third-order valence-corrected chi connectivity index (χ3v) is 4.15. The minimum absolute atomic E-state index is 0.110. The highest BCUT2D eigenvalue weighted by atomic mass is 16.8. The van der Waals surface area contributed by atoms with Gasteiger partial charge in [-0.2, -0.15) is 0 Å². The van der Waals surface area contributed by atoms with Gasteiger partial charge in [0, 0.05) is 11.6 Å². The van der Waals surface area contributed by atoms with E-state index in [1.807, 2.05) is 19.9 Å². The summed E-state index contributed by atoms with van der Waals surface area (Å²) in [5.74, 6) is -2.12. The number of rotatable bonds is 4. The number of carbonyl (C=O) groups excluding carboxylic acids is 1. The minimum atomic E-state index is -0.919. The Morgan fingerprint density at radius 1 is 1.08 bits per heavy atom. The summed E-state index contributed by atoms with van der Waals surface area (Å²) in [5, 5.41) is 10.2. The zero-order valence-electron chi connectivity index (χ0n) is 14.9. The zero-order valence-corrected chi connectivity index (χ0v) is 14.9. The molecule has 0 saturated carbocycles. The first-order valence-corrected chi connectivity index (χ1v) is 8.34. The van der Waals surface area contributed by atoms with Gasteiger partial charge in [-0.1, -0.05) is 30.3 Å². The normalized spacial score (nSPS) is 31.2. The van der Waals surface area contributed by atoms with Crippen molar-refractivity contribution in [3.05, 3.63) is 42.0 Å². The Morgan fingerprint density at radius 2 is 1.76 bits per heavy atom. The lowest BCUT2D eigenvalue weighted by Crippen LogP contribution is -2.41. The van der Waals surface area contributed by atoms with Crippen LogP contribution >= 0.6 is 0 Å². The fourth-order valence-corrected chi connectivity index (χ4v) is 3.07. The van der Waals surface area contributed by atoms with Crippen LogP contribution in [0.2, 0.25) is 0 Å². The van der Waals surface area contributed by atoms with E-state index in [4.69, 9.17) is 18.9 Å². The predicted octanol–water partition coefficient (Wildman–Crippen LogP) is 2.83. The summed E-state index contributed by atoms with van der Waals surface area (Å²) in [6.07, 6.45) is -0.718. The molecule has 6 heteroatoms. The van der Waals surface area contributed by atoms with Crippen LogP contribution in [0.4, 0.5) is 0 Å². The molecule has 0 unspecified atom stereocenters. The Hall–Kier alpha value is -1.73. The number of ketones is 1. The number of hydrogen-bond acceptors (Lipinski definition) is 6. The molecular weight excluding hydrogens is 324 g/mol. The van der Waals surface area contributed by atoms with Gasteiger partial charge in [0.15, 0.2) is 23.5 Å². The number of aliphatic hydroxyl groups excluding tert-OH is 1. The van der Waals surface area contributed by atoms with E-state index in [9.17, 15) is 9.90 Å². The summed E-state index contributed by atoms with van der Waals surface area (Å²) in [4.78, 5) is 12.7. The molecule has 0 radical (unpaired) electrons. The quantitative estimate of drug-likeness (QED) is 0.666. The van der Waals surface area contributed by atoms with Gasteiger partial charge in [-0.05, 0) is 27.7 Å². The van der Waals surface area contributed by atoms with Crippen molar-refractivity contribution in [3.8, 4) is 0 Å². The van der Waals surface area contributed by atoms with Crippen molar-refractivity contribution < 1.29 is 28.8 Å². The highest BCUT2D eigenvalue weighted by molar-refractivity contribution is 5.99. The number of benzene rings is 1. The van der Waals surface area contributed by atoms with Crippen LogP contribution in [-0.2, 0) is 23.7 Å². The monoisotopic (exact) mass is 348 g/mol. The SMILES string of the molecule is CC1(C)OC[C@H]([C@H]2OC(C)(C)O[C@H]2C(=O)/C=C(\O)c2ccccc2)O1. The lowest BCUT2D eigenvalue weighted by atomic mass is 10.0. The lowest BCUT2D eigenvalue weighted by molar-refractivity contribution is -0.174. The van der Waals surface area contributed by atoms with Crippen molar-refractivity contribution >= 4 is 11.5 Å².